The van der Waals surface area contributed by atoms with Crippen LogP contribution < -0.4 is 5.73 Å². The number of nitrogens with two attached hydrogens (primary N) is 1. The summed E-state index contributed by atoms with van der Waals surface area (Å²) in [5.74, 6) is -0.0409. The van der Waals surface area contributed by atoms with Crippen molar-refractivity contribution in [2.24, 2.45) is 11.7 Å². The largest absolute Gasteiger partial charge is 0.330 e. The Balaban J connectivity index is 2.45. The SMILES string of the molecule is Cc1ccc2cc(C(=O)C(C)CN)ccc2n1. The Labute approximate surface area is 101 Å². The van der Waals surface area contributed by atoms with Crippen LogP contribution >= 0.6 is 0 Å². The molecule has 0 amide bonds. The summed E-state index contributed by atoms with van der Waals surface area (Å²) >= 11 is 0. The molecule has 17 heavy (non-hydrogen) atoms. The second-order valence-corrected chi connectivity index (χ2v) is 4.36. The predicted molar refractivity (Wildman–Crippen MR) is 69.0 cm³/mol. The van der Waals surface area contributed by atoms with Crippen molar-refractivity contribution in [2.75, 3.05) is 6.54 Å². The number of carbonyl (C=O) groups excluding carboxylic acids is 1. The first-order valence-electron chi connectivity index (χ1n) is 5.73. The lowest BCUT2D eigenvalue weighted by molar-refractivity contribution is 0.0934. The molecule has 2 aromatic rings. The van der Waals surface area contributed by atoms with Gasteiger partial charge in [-0.15, -0.1) is 0 Å². The average molecular weight is 228 g/mol. The van der Waals surface area contributed by atoms with Gasteiger partial charge in [-0.2, -0.15) is 0 Å². The zero-order valence-electron chi connectivity index (χ0n) is 10.1. The summed E-state index contributed by atoms with van der Waals surface area (Å²) in [4.78, 5) is 16.4. The molecule has 1 heterocycles. The molecule has 0 bridgehead atoms. The van der Waals surface area contributed by atoms with Crippen LogP contribution in [0.15, 0.2) is 30.3 Å². The first-order chi connectivity index (χ1) is 8.11. The highest BCUT2D eigenvalue weighted by molar-refractivity contribution is 6.00. The molecule has 2 rings (SSSR count). The number of aryl methyl sites for hydroxylation is 1. The molecular formula is C14H16N2O. The number of benzene rings is 1. The van der Waals surface area contributed by atoms with E-state index in [0.717, 1.165) is 16.6 Å². The molecule has 1 atom stereocenters. The van der Waals surface area contributed by atoms with E-state index in [9.17, 15) is 4.79 Å². The van der Waals surface area contributed by atoms with E-state index in [4.69, 9.17) is 5.73 Å². The van der Waals surface area contributed by atoms with Crippen LogP contribution in [-0.2, 0) is 0 Å². The second-order valence-electron chi connectivity index (χ2n) is 4.36. The van der Waals surface area contributed by atoms with Crippen LogP contribution in [-0.4, -0.2) is 17.3 Å². The molecule has 0 saturated heterocycles. The van der Waals surface area contributed by atoms with E-state index in [2.05, 4.69) is 4.98 Å². The molecule has 3 nitrogen and oxygen atoms in total. The molecule has 0 radical (unpaired) electrons. The van der Waals surface area contributed by atoms with Crippen LogP contribution in [0.5, 0.6) is 0 Å². The smallest absolute Gasteiger partial charge is 0.166 e. The van der Waals surface area contributed by atoms with E-state index in [1.807, 2.05) is 44.2 Å². The number of ketones is 1. The van der Waals surface area contributed by atoms with E-state index >= 15 is 0 Å². The standard InChI is InChI=1S/C14H16N2O/c1-9(8-15)14(17)12-5-6-13-11(7-12)4-3-10(2)16-13/h3-7,9H,8,15H2,1-2H3. The lowest BCUT2D eigenvalue weighted by Gasteiger charge is -2.08. The molecule has 2 N–H and O–H groups in total. The fourth-order valence-electron chi connectivity index (χ4n) is 1.77. The van der Waals surface area contributed by atoms with Gasteiger partial charge in [0, 0.05) is 29.1 Å². The third kappa shape index (κ3) is 2.34. The number of rotatable bonds is 3. The minimum Gasteiger partial charge on any atom is -0.330 e. The third-order valence-electron chi connectivity index (χ3n) is 2.91. The number of hydrogen-bond acceptors (Lipinski definition) is 3. The van der Waals surface area contributed by atoms with Gasteiger partial charge in [-0.25, -0.2) is 0 Å². The van der Waals surface area contributed by atoms with Crippen molar-refractivity contribution >= 4 is 16.7 Å². The molecular weight excluding hydrogens is 212 g/mol. The van der Waals surface area contributed by atoms with Gasteiger partial charge in [-0.05, 0) is 31.2 Å². The molecule has 0 saturated carbocycles. The monoisotopic (exact) mass is 228 g/mol. The van der Waals surface area contributed by atoms with Crippen LogP contribution in [0.1, 0.15) is 23.0 Å². The molecule has 0 spiro atoms. The Hall–Kier alpha value is -1.74. The Morgan fingerprint density at radius 2 is 2.12 bits per heavy atom. The highest BCUT2D eigenvalue weighted by Gasteiger charge is 2.13. The molecule has 1 unspecified atom stereocenters. The minimum atomic E-state index is -0.133. The maximum atomic E-state index is 12.0. The number of Topliss-reactive ketones (excluding diaryl/α,β-unsaturated/α-hetero) is 1. The molecule has 0 aliphatic heterocycles. The van der Waals surface area contributed by atoms with Gasteiger partial charge in [0.15, 0.2) is 5.78 Å². The average Bonchev–Trinajstić information content (AvgIpc) is 2.36. The second kappa shape index (κ2) is 4.63. The maximum absolute atomic E-state index is 12.0. The number of aromatic nitrogens is 1. The highest BCUT2D eigenvalue weighted by Crippen LogP contribution is 2.17. The molecule has 0 fully saturated rings. The molecule has 0 aliphatic carbocycles. The van der Waals surface area contributed by atoms with Crippen LogP contribution in [0.4, 0.5) is 0 Å². The van der Waals surface area contributed by atoms with Crippen molar-refractivity contribution in [1.82, 2.24) is 4.98 Å². The molecule has 1 aromatic heterocycles. The Morgan fingerprint density at radius 3 is 2.82 bits per heavy atom. The highest BCUT2D eigenvalue weighted by atomic mass is 16.1. The van der Waals surface area contributed by atoms with Crippen LogP contribution in [0.25, 0.3) is 10.9 Å². The van der Waals surface area contributed by atoms with E-state index < -0.39 is 0 Å². The summed E-state index contributed by atoms with van der Waals surface area (Å²) in [5, 5.41) is 0.991. The number of nitrogens with zero attached hydrogens (tertiary/aromatic N) is 1. The van der Waals surface area contributed by atoms with E-state index in [1.165, 1.54) is 0 Å². The van der Waals surface area contributed by atoms with E-state index in [1.54, 1.807) is 0 Å². The van der Waals surface area contributed by atoms with Crippen molar-refractivity contribution < 1.29 is 4.79 Å². The zero-order chi connectivity index (χ0) is 12.4. The van der Waals surface area contributed by atoms with Gasteiger partial charge in [0.2, 0.25) is 0 Å². The Bertz CT molecular complexity index is 563. The molecule has 0 aliphatic rings. The summed E-state index contributed by atoms with van der Waals surface area (Å²) in [5.41, 5.74) is 8.12. The fourth-order valence-corrected chi connectivity index (χ4v) is 1.77. The first kappa shape index (κ1) is 11.7. The Kier molecular flexibility index (Phi) is 3.20. The van der Waals surface area contributed by atoms with Gasteiger partial charge in [0.05, 0.1) is 5.52 Å². The van der Waals surface area contributed by atoms with Crippen molar-refractivity contribution in [3.8, 4) is 0 Å². The summed E-state index contributed by atoms with van der Waals surface area (Å²) < 4.78 is 0. The van der Waals surface area contributed by atoms with Gasteiger partial charge in [0.1, 0.15) is 0 Å². The van der Waals surface area contributed by atoms with Crippen LogP contribution in [0.2, 0.25) is 0 Å². The predicted octanol–water partition coefficient (Wildman–Crippen LogP) is 2.32. The van der Waals surface area contributed by atoms with Crippen molar-refractivity contribution in [3.63, 3.8) is 0 Å². The lowest BCUT2D eigenvalue weighted by atomic mass is 9.98. The van der Waals surface area contributed by atoms with E-state index in [0.29, 0.717) is 12.1 Å². The van der Waals surface area contributed by atoms with Gasteiger partial charge in [-0.3, -0.25) is 9.78 Å². The van der Waals surface area contributed by atoms with Crippen molar-refractivity contribution in [1.29, 1.82) is 0 Å². The lowest BCUT2D eigenvalue weighted by Crippen LogP contribution is -2.20. The summed E-state index contributed by atoms with van der Waals surface area (Å²) in [6.45, 7) is 4.18. The minimum absolute atomic E-state index is 0.0926. The Morgan fingerprint density at radius 1 is 1.35 bits per heavy atom. The number of carbonyl (C=O) groups is 1. The first-order valence-corrected chi connectivity index (χ1v) is 5.73. The van der Waals surface area contributed by atoms with Crippen LogP contribution in [0.3, 0.4) is 0 Å². The van der Waals surface area contributed by atoms with E-state index in [-0.39, 0.29) is 11.7 Å². The van der Waals surface area contributed by atoms with Crippen LogP contribution in [0, 0.1) is 12.8 Å². The molecule has 88 valence electrons. The fraction of sp³-hybridized carbons (Fsp3) is 0.286. The summed E-state index contributed by atoms with van der Waals surface area (Å²) in [6, 6.07) is 9.53. The number of hydrogen-bond donors (Lipinski definition) is 1. The topological polar surface area (TPSA) is 56.0 Å². The van der Waals surface area contributed by atoms with Gasteiger partial charge >= 0.3 is 0 Å². The zero-order valence-corrected chi connectivity index (χ0v) is 10.1. The summed E-state index contributed by atoms with van der Waals surface area (Å²) in [6.07, 6.45) is 0. The normalized spacial score (nSPS) is 12.6. The number of fused-ring (bicyclic) bond motifs is 1. The number of pyridine rings is 1. The summed E-state index contributed by atoms with van der Waals surface area (Å²) in [7, 11) is 0. The quantitative estimate of drug-likeness (QED) is 0.820. The third-order valence-corrected chi connectivity index (χ3v) is 2.91. The van der Waals surface area contributed by atoms with Gasteiger partial charge in [0.25, 0.3) is 0 Å². The van der Waals surface area contributed by atoms with Crippen molar-refractivity contribution in [2.45, 2.75) is 13.8 Å². The van der Waals surface area contributed by atoms with Gasteiger partial charge < -0.3 is 5.73 Å². The molecule has 3 heteroatoms. The van der Waals surface area contributed by atoms with Crippen molar-refractivity contribution in [3.05, 3.63) is 41.6 Å². The van der Waals surface area contributed by atoms with Gasteiger partial charge in [-0.1, -0.05) is 13.0 Å². The molecule has 1 aromatic carbocycles. The maximum Gasteiger partial charge on any atom is 0.166 e.